The van der Waals surface area contributed by atoms with Gasteiger partial charge in [0.05, 0.1) is 5.56 Å². The molecule has 1 saturated heterocycles. The van der Waals surface area contributed by atoms with Gasteiger partial charge in [0, 0.05) is 22.4 Å². The number of alkyl halides is 1. The Balaban J connectivity index is 2.27. The minimum absolute atomic E-state index is 0.141. The smallest absolute Gasteiger partial charge is 0.255 e. The summed E-state index contributed by atoms with van der Waals surface area (Å²) >= 11 is 6.95. The van der Waals surface area contributed by atoms with Crippen LogP contribution in [0.2, 0.25) is 0 Å². The summed E-state index contributed by atoms with van der Waals surface area (Å²) in [5.74, 6) is 0.141. The highest BCUT2D eigenvalue weighted by atomic mass is 79.9. The molecule has 1 heterocycles. The highest BCUT2D eigenvalue weighted by Gasteiger charge is 2.29. The molecule has 17 heavy (non-hydrogen) atoms. The van der Waals surface area contributed by atoms with Crippen molar-refractivity contribution in [2.75, 3.05) is 11.9 Å². The SMILES string of the molecule is Cc1ccc(Br)c(C(=O)N2CCCC2CBr)c1. The van der Waals surface area contributed by atoms with Gasteiger partial charge in [0.1, 0.15) is 0 Å². The monoisotopic (exact) mass is 359 g/mol. The van der Waals surface area contributed by atoms with Crippen LogP contribution in [-0.2, 0) is 0 Å². The fourth-order valence-corrected chi connectivity index (χ4v) is 3.31. The van der Waals surface area contributed by atoms with E-state index in [0.717, 1.165) is 40.3 Å². The highest BCUT2D eigenvalue weighted by Crippen LogP contribution is 2.25. The molecule has 1 aromatic carbocycles. The first kappa shape index (κ1) is 13.1. The third kappa shape index (κ3) is 2.74. The molecule has 0 bridgehead atoms. The van der Waals surface area contributed by atoms with E-state index >= 15 is 0 Å². The molecule has 0 N–H and O–H groups in total. The van der Waals surface area contributed by atoms with E-state index in [0.29, 0.717) is 6.04 Å². The Labute approximate surface area is 119 Å². The van der Waals surface area contributed by atoms with Crippen LogP contribution in [0, 0.1) is 6.92 Å². The molecule has 1 aliphatic rings. The Bertz CT molecular complexity index is 433. The second-order valence-electron chi connectivity index (χ2n) is 4.43. The molecule has 1 amide bonds. The number of nitrogens with zero attached hydrogens (tertiary/aromatic N) is 1. The number of rotatable bonds is 2. The lowest BCUT2D eigenvalue weighted by molar-refractivity contribution is 0.0749. The lowest BCUT2D eigenvalue weighted by Gasteiger charge is -2.23. The fourth-order valence-electron chi connectivity index (χ4n) is 2.22. The summed E-state index contributed by atoms with van der Waals surface area (Å²) in [5.41, 5.74) is 1.89. The summed E-state index contributed by atoms with van der Waals surface area (Å²) in [6.45, 7) is 2.88. The summed E-state index contributed by atoms with van der Waals surface area (Å²) in [6.07, 6.45) is 2.20. The van der Waals surface area contributed by atoms with Gasteiger partial charge in [-0.1, -0.05) is 27.6 Å². The maximum Gasteiger partial charge on any atom is 0.255 e. The van der Waals surface area contributed by atoms with Crippen LogP contribution >= 0.6 is 31.9 Å². The number of hydrogen-bond acceptors (Lipinski definition) is 1. The average molecular weight is 361 g/mol. The van der Waals surface area contributed by atoms with Gasteiger partial charge >= 0.3 is 0 Å². The Hall–Kier alpha value is -0.350. The van der Waals surface area contributed by atoms with Gasteiger partial charge in [-0.25, -0.2) is 0 Å². The number of amides is 1. The molecule has 0 radical (unpaired) electrons. The van der Waals surface area contributed by atoms with Crippen molar-refractivity contribution in [1.29, 1.82) is 0 Å². The molecule has 92 valence electrons. The summed E-state index contributed by atoms with van der Waals surface area (Å²) in [4.78, 5) is 14.4. The third-order valence-corrected chi connectivity index (χ3v) is 4.61. The molecule has 1 fully saturated rings. The second kappa shape index (κ2) is 5.53. The number of carbonyl (C=O) groups is 1. The van der Waals surface area contributed by atoms with Gasteiger partial charge in [0.15, 0.2) is 0 Å². The lowest BCUT2D eigenvalue weighted by Crippen LogP contribution is -2.36. The van der Waals surface area contributed by atoms with E-state index in [-0.39, 0.29) is 5.91 Å². The summed E-state index contributed by atoms with van der Waals surface area (Å²) in [6, 6.07) is 6.25. The highest BCUT2D eigenvalue weighted by molar-refractivity contribution is 9.10. The molecule has 1 atom stereocenters. The van der Waals surface area contributed by atoms with Crippen LogP contribution in [0.1, 0.15) is 28.8 Å². The van der Waals surface area contributed by atoms with E-state index in [1.165, 1.54) is 0 Å². The molecule has 0 aliphatic carbocycles. The first-order valence-corrected chi connectivity index (χ1v) is 7.68. The van der Waals surface area contributed by atoms with Crippen molar-refractivity contribution in [2.45, 2.75) is 25.8 Å². The molecular formula is C13H15Br2NO. The van der Waals surface area contributed by atoms with Crippen molar-refractivity contribution in [3.63, 3.8) is 0 Å². The largest absolute Gasteiger partial charge is 0.335 e. The molecule has 0 saturated carbocycles. The number of aryl methyl sites for hydroxylation is 1. The van der Waals surface area contributed by atoms with Crippen molar-refractivity contribution >= 4 is 37.8 Å². The van der Waals surface area contributed by atoms with Crippen LogP contribution in [-0.4, -0.2) is 28.7 Å². The van der Waals surface area contributed by atoms with Gasteiger partial charge in [-0.15, -0.1) is 0 Å². The zero-order valence-corrected chi connectivity index (χ0v) is 12.9. The van der Waals surface area contributed by atoms with E-state index in [9.17, 15) is 4.79 Å². The predicted molar refractivity (Wildman–Crippen MR) is 76.7 cm³/mol. The van der Waals surface area contributed by atoms with Gasteiger partial charge in [0.25, 0.3) is 5.91 Å². The molecule has 2 nitrogen and oxygen atoms in total. The maximum atomic E-state index is 12.5. The average Bonchev–Trinajstić information content (AvgIpc) is 2.79. The lowest BCUT2D eigenvalue weighted by atomic mass is 10.1. The normalized spacial score (nSPS) is 19.7. The fraction of sp³-hybridized carbons (Fsp3) is 0.462. The van der Waals surface area contributed by atoms with Gasteiger partial charge in [-0.05, 0) is 47.8 Å². The number of carbonyl (C=O) groups excluding carboxylic acids is 1. The van der Waals surface area contributed by atoms with Gasteiger partial charge in [-0.3, -0.25) is 4.79 Å². The van der Waals surface area contributed by atoms with Crippen molar-refractivity contribution in [3.8, 4) is 0 Å². The molecule has 1 aromatic rings. The van der Waals surface area contributed by atoms with E-state index in [1.807, 2.05) is 30.0 Å². The minimum atomic E-state index is 0.141. The number of benzene rings is 1. The minimum Gasteiger partial charge on any atom is -0.335 e. The number of halogens is 2. The third-order valence-electron chi connectivity index (χ3n) is 3.17. The van der Waals surface area contributed by atoms with E-state index in [1.54, 1.807) is 0 Å². The van der Waals surface area contributed by atoms with Crippen molar-refractivity contribution in [3.05, 3.63) is 33.8 Å². The zero-order chi connectivity index (χ0) is 12.4. The van der Waals surface area contributed by atoms with Gasteiger partial charge in [0.2, 0.25) is 0 Å². The van der Waals surface area contributed by atoms with Gasteiger partial charge in [-0.2, -0.15) is 0 Å². The van der Waals surface area contributed by atoms with E-state index in [2.05, 4.69) is 31.9 Å². The van der Waals surface area contributed by atoms with Crippen LogP contribution in [0.3, 0.4) is 0 Å². The topological polar surface area (TPSA) is 20.3 Å². The quantitative estimate of drug-likeness (QED) is 0.735. The molecular weight excluding hydrogens is 346 g/mol. The number of hydrogen-bond donors (Lipinski definition) is 0. The van der Waals surface area contributed by atoms with Crippen LogP contribution in [0.15, 0.2) is 22.7 Å². The molecule has 1 unspecified atom stereocenters. The van der Waals surface area contributed by atoms with Crippen molar-refractivity contribution in [1.82, 2.24) is 4.90 Å². The molecule has 0 spiro atoms. The van der Waals surface area contributed by atoms with Crippen LogP contribution in [0.5, 0.6) is 0 Å². The summed E-state index contributed by atoms with van der Waals surface area (Å²) < 4.78 is 0.883. The molecule has 1 aliphatic heterocycles. The Morgan fingerprint density at radius 2 is 2.29 bits per heavy atom. The van der Waals surface area contributed by atoms with Crippen LogP contribution < -0.4 is 0 Å². The van der Waals surface area contributed by atoms with Crippen LogP contribution in [0.4, 0.5) is 0 Å². The predicted octanol–water partition coefficient (Wildman–Crippen LogP) is 3.76. The zero-order valence-electron chi connectivity index (χ0n) is 9.75. The van der Waals surface area contributed by atoms with Crippen molar-refractivity contribution in [2.24, 2.45) is 0 Å². The van der Waals surface area contributed by atoms with E-state index in [4.69, 9.17) is 0 Å². The van der Waals surface area contributed by atoms with Gasteiger partial charge < -0.3 is 4.90 Å². The summed E-state index contributed by atoms with van der Waals surface area (Å²) in [5, 5.41) is 0.863. The van der Waals surface area contributed by atoms with Crippen molar-refractivity contribution < 1.29 is 4.79 Å². The Morgan fingerprint density at radius 1 is 1.53 bits per heavy atom. The maximum absolute atomic E-state index is 12.5. The summed E-state index contributed by atoms with van der Waals surface area (Å²) in [7, 11) is 0. The first-order valence-electron chi connectivity index (χ1n) is 5.76. The Morgan fingerprint density at radius 3 is 3.00 bits per heavy atom. The first-order chi connectivity index (χ1) is 8.13. The molecule has 0 aromatic heterocycles. The van der Waals surface area contributed by atoms with E-state index < -0.39 is 0 Å². The standard InChI is InChI=1S/C13H15Br2NO/c1-9-4-5-12(15)11(7-9)13(17)16-6-2-3-10(16)8-14/h4-5,7,10H,2-3,6,8H2,1H3. The molecule has 2 rings (SSSR count). The number of likely N-dealkylation sites (tertiary alicyclic amines) is 1. The molecule has 4 heteroatoms. The second-order valence-corrected chi connectivity index (χ2v) is 5.93. The Kier molecular flexibility index (Phi) is 4.26. The van der Waals surface area contributed by atoms with Crippen LogP contribution in [0.25, 0.3) is 0 Å².